The third kappa shape index (κ3) is 3.93. The topological polar surface area (TPSA) is 90.8 Å². The van der Waals surface area contributed by atoms with Gasteiger partial charge in [0, 0.05) is 24.3 Å². The Hall–Kier alpha value is -2.84. The van der Waals surface area contributed by atoms with Crippen LogP contribution in [0, 0.1) is 0 Å². The maximum Gasteiger partial charge on any atom is 0.245 e. The van der Waals surface area contributed by atoms with E-state index in [4.69, 9.17) is 25.8 Å². The van der Waals surface area contributed by atoms with Crippen molar-refractivity contribution < 1.29 is 24.1 Å². The van der Waals surface area contributed by atoms with Crippen LogP contribution in [0.3, 0.4) is 0 Å². The summed E-state index contributed by atoms with van der Waals surface area (Å²) in [6, 6.07) is 13.8. The largest absolute Gasteiger partial charge is 0.438 e. The van der Waals surface area contributed by atoms with Crippen molar-refractivity contribution >= 4 is 28.4 Å². The van der Waals surface area contributed by atoms with Gasteiger partial charge in [0.05, 0.1) is 11.0 Å². The van der Waals surface area contributed by atoms with E-state index in [0.29, 0.717) is 21.6 Å². The van der Waals surface area contributed by atoms with Crippen molar-refractivity contribution in [2.75, 3.05) is 13.2 Å². The summed E-state index contributed by atoms with van der Waals surface area (Å²) in [5.41, 5.74) is -0.0176. The van der Waals surface area contributed by atoms with E-state index in [1.807, 2.05) is 12.1 Å². The first-order valence-electron chi connectivity index (χ1n) is 9.90. The van der Waals surface area contributed by atoms with Crippen molar-refractivity contribution in [2.45, 2.75) is 25.7 Å². The molecule has 1 aliphatic rings. The lowest BCUT2D eigenvalue weighted by molar-refractivity contribution is -0.163. The Labute approximate surface area is 184 Å². The lowest BCUT2D eigenvalue weighted by Crippen LogP contribution is -2.31. The van der Waals surface area contributed by atoms with Crippen LogP contribution in [0.2, 0.25) is 5.02 Å². The molecular formula is C23H21ClN2O5. The Morgan fingerprint density at radius 2 is 1.71 bits per heavy atom. The van der Waals surface area contributed by atoms with Gasteiger partial charge in [0.15, 0.2) is 11.4 Å². The van der Waals surface area contributed by atoms with E-state index in [1.54, 1.807) is 50.2 Å². The van der Waals surface area contributed by atoms with Crippen molar-refractivity contribution in [1.82, 2.24) is 9.97 Å². The van der Waals surface area contributed by atoms with Crippen molar-refractivity contribution in [3.05, 3.63) is 76.6 Å². The highest BCUT2D eigenvalue weighted by atomic mass is 35.5. The molecule has 2 heterocycles. The molecule has 0 bridgehead atoms. The van der Waals surface area contributed by atoms with Crippen LogP contribution in [0.5, 0.6) is 5.88 Å². The summed E-state index contributed by atoms with van der Waals surface area (Å²) in [7, 11) is 0. The van der Waals surface area contributed by atoms with Gasteiger partial charge in [-0.15, -0.1) is 0 Å². The van der Waals surface area contributed by atoms with Gasteiger partial charge in [-0.05, 0) is 43.7 Å². The summed E-state index contributed by atoms with van der Waals surface area (Å²) in [6.45, 7) is 4.10. The van der Waals surface area contributed by atoms with Crippen LogP contribution in [0.1, 0.15) is 25.1 Å². The minimum Gasteiger partial charge on any atom is -0.438 e. The molecule has 1 unspecified atom stereocenters. The van der Waals surface area contributed by atoms with Crippen molar-refractivity contribution in [3.63, 3.8) is 0 Å². The van der Waals surface area contributed by atoms with Gasteiger partial charge in [0.25, 0.3) is 0 Å². The summed E-state index contributed by atoms with van der Waals surface area (Å²) in [5.74, 6) is -0.405. The van der Waals surface area contributed by atoms with Gasteiger partial charge in [-0.1, -0.05) is 35.9 Å². The summed E-state index contributed by atoms with van der Waals surface area (Å²) >= 11 is 6.03. The van der Waals surface area contributed by atoms with Crippen LogP contribution >= 0.6 is 11.6 Å². The molecule has 3 aromatic rings. The van der Waals surface area contributed by atoms with Crippen molar-refractivity contribution in [3.8, 4) is 5.88 Å². The van der Waals surface area contributed by atoms with E-state index in [2.05, 4.69) is 9.97 Å². The van der Waals surface area contributed by atoms with Gasteiger partial charge < -0.3 is 19.3 Å². The third-order valence-corrected chi connectivity index (χ3v) is 5.10. The molecule has 0 aliphatic carbocycles. The van der Waals surface area contributed by atoms with Gasteiger partial charge in [-0.2, -0.15) is 0 Å². The molecule has 1 N–H and O–H groups in total. The number of fused-ring (bicyclic) bond motifs is 2. The number of hydrogen-bond donors (Lipinski definition) is 1. The monoisotopic (exact) mass is 440 g/mol. The van der Waals surface area contributed by atoms with Crippen LogP contribution < -0.4 is 4.74 Å². The van der Waals surface area contributed by atoms with E-state index in [0.717, 1.165) is 0 Å². The van der Waals surface area contributed by atoms with Gasteiger partial charge in [-0.25, -0.2) is 9.97 Å². The number of halogens is 1. The second-order valence-electron chi connectivity index (χ2n) is 6.84. The third-order valence-electron chi connectivity index (χ3n) is 4.85. The fourth-order valence-electron chi connectivity index (χ4n) is 3.40. The number of aliphatic hydroxyl groups is 1. The smallest absolute Gasteiger partial charge is 0.245 e. The minimum absolute atomic E-state index is 0.0328. The Morgan fingerprint density at radius 3 is 2.32 bits per heavy atom. The number of para-hydroxylation sites is 2. The molecule has 160 valence electrons. The second kappa shape index (κ2) is 8.72. The van der Waals surface area contributed by atoms with E-state index in [9.17, 15) is 9.90 Å². The van der Waals surface area contributed by atoms with E-state index in [-0.39, 0.29) is 30.5 Å². The predicted molar refractivity (Wildman–Crippen MR) is 115 cm³/mol. The van der Waals surface area contributed by atoms with Crippen LogP contribution in [-0.4, -0.2) is 40.4 Å². The van der Waals surface area contributed by atoms with Gasteiger partial charge in [0.2, 0.25) is 18.0 Å². The Balaban J connectivity index is 1.86. The van der Waals surface area contributed by atoms with Crippen LogP contribution in [0.15, 0.2) is 60.4 Å². The zero-order valence-electron chi connectivity index (χ0n) is 17.0. The Bertz CT molecular complexity index is 1140. The lowest BCUT2D eigenvalue weighted by atomic mass is 9.89. The fraction of sp³-hybridized carbons (Fsp3) is 0.261. The predicted octanol–water partition coefficient (Wildman–Crippen LogP) is 3.76. The molecule has 1 atom stereocenters. The molecule has 0 radical (unpaired) electrons. The number of benzene rings is 2. The van der Waals surface area contributed by atoms with Crippen molar-refractivity contribution in [1.29, 1.82) is 0 Å². The minimum atomic E-state index is -1.84. The first kappa shape index (κ1) is 21.4. The second-order valence-corrected chi connectivity index (χ2v) is 7.28. The molecule has 2 aromatic carbocycles. The zero-order valence-corrected chi connectivity index (χ0v) is 17.8. The summed E-state index contributed by atoms with van der Waals surface area (Å²) in [5, 5.41) is 12.3. The molecule has 0 amide bonds. The molecule has 7 nitrogen and oxygen atoms in total. The van der Waals surface area contributed by atoms with Gasteiger partial charge in [-0.3, -0.25) is 4.79 Å². The van der Waals surface area contributed by atoms with E-state index in [1.165, 1.54) is 6.08 Å². The Kier molecular flexibility index (Phi) is 6.02. The standard InChI is InChI=1S/C23H21ClN2O5/c1-3-29-22(30-4-2)18(27)13-19-23(28,14-9-11-15(24)12-10-14)20-21(31-19)26-17-8-6-5-7-16(17)25-20/h5-13,22,28H,3-4H2,1-2H3/b19-13+. The Morgan fingerprint density at radius 1 is 1.10 bits per heavy atom. The summed E-state index contributed by atoms with van der Waals surface area (Å²) < 4.78 is 16.6. The first-order chi connectivity index (χ1) is 15.0. The maximum absolute atomic E-state index is 12.9. The zero-order chi connectivity index (χ0) is 22.0. The molecule has 4 rings (SSSR count). The fourth-order valence-corrected chi connectivity index (χ4v) is 3.53. The number of rotatable bonds is 7. The molecule has 31 heavy (non-hydrogen) atoms. The van der Waals surface area contributed by atoms with Crippen LogP contribution in [0.25, 0.3) is 11.0 Å². The molecule has 8 heteroatoms. The molecular weight excluding hydrogens is 420 g/mol. The molecule has 1 aromatic heterocycles. The number of nitrogens with zero attached hydrogens (tertiary/aromatic N) is 2. The number of carbonyl (C=O) groups is 1. The van der Waals surface area contributed by atoms with E-state index < -0.39 is 17.7 Å². The van der Waals surface area contributed by atoms with Gasteiger partial charge in [0.1, 0.15) is 5.69 Å². The number of ether oxygens (including phenoxy) is 3. The molecule has 0 spiro atoms. The number of carbonyl (C=O) groups excluding carboxylic acids is 1. The highest BCUT2D eigenvalue weighted by molar-refractivity contribution is 6.30. The summed E-state index contributed by atoms with van der Waals surface area (Å²) in [4.78, 5) is 21.9. The number of hydrogen-bond acceptors (Lipinski definition) is 7. The molecule has 1 aliphatic heterocycles. The normalized spacial score (nSPS) is 19.1. The number of aromatic nitrogens is 2. The van der Waals surface area contributed by atoms with Crippen LogP contribution in [0.4, 0.5) is 0 Å². The van der Waals surface area contributed by atoms with Gasteiger partial charge >= 0.3 is 0 Å². The average Bonchev–Trinajstić information content (AvgIpc) is 3.04. The molecule has 0 fully saturated rings. The van der Waals surface area contributed by atoms with E-state index >= 15 is 0 Å². The quantitative estimate of drug-likeness (QED) is 0.441. The first-order valence-corrected chi connectivity index (χ1v) is 10.3. The highest BCUT2D eigenvalue weighted by Crippen LogP contribution is 2.46. The summed E-state index contributed by atoms with van der Waals surface area (Å²) in [6.07, 6.45) is 0.0720. The average molecular weight is 441 g/mol. The highest BCUT2D eigenvalue weighted by Gasteiger charge is 2.49. The number of ketones is 1. The van der Waals surface area contributed by atoms with Crippen LogP contribution in [-0.2, 0) is 19.9 Å². The SMILES string of the molecule is CCOC(OCC)C(=O)/C=C1/Oc2nc3ccccc3nc2C1(O)c1ccc(Cl)cc1. The maximum atomic E-state index is 12.9. The lowest BCUT2D eigenvalue weighted by Gasteiger charge is -2.23. The molecule has 0 saturated carbocycles. The molecule has 0 saturated heterocycles. The van der Waals surface area contributed by atoms with Crippen molar-refractivity contribution in [2.24, 2.45) is 0 Å².